The van der Waals surface area contributed by atoms with E-state index in [1.807, 2.05) is 0 Å². The van der Waals surface area contributed by atoms with E-state index >= 15 is 0 Å². The second-order valence-corrected chi connectivity index (χ2v) is 4.75. The standard InChI is InChI=1S/C15H18N2O6/c1-4-5-6-11(15(19)20)16-14(18)10-7-12(17(21)22)9(2)13(8-10)23-3/h4-5,7-8,11H,6H2,1-3H3,(H,16,18)(H,19,20)/b5-4+. The number of benzene rings is 1. The second kappa shape index (κ2) is 7.92. The summed E-state index contributed by atoms with van der Waals surface area (Å²) in [5.74, 6) is -1.72. The van der Waals surface area contributed by atoms with Crippen molar-refractivity contribution in [1.29, 1.82) is 0 Å². The molecule has 1 aromatic rings. The number of carboxylic acid groups (broad SMARTS) is 1. The van der Waals surface area contributed by atoms with E-state index in [0.717, 1.165) is 6.07 Å². The molecule has 1 rings (SSSR count). The number of hydrogen-bond acceptors (Lipinski definition) is 5. The number of nitrogens with one attached hydrogen (secondary N) is 1. The zero-order valence-electron chi connectivity index (χ0n) is 13.0. The summed E-state index contributed by atoms with van der Waals surface area (Å²) in [5, 5.41) is 22.5. The van der Waals surface area contributed by atoms with Gasteiger partial charge in [-0.15, -0.1) is 0 Å². The van der Waals surface area contributed by atoms with Crippen molar-refractivity contribution in [2.45, 2.75) is 26.3 Å². The number of ether oxygens (including phenoxy) is 1. The van der Waals surface area contributed by atoms with Gasteiger partial charge in [0.1, 0.15) is 11.8 Å². The van der Waals surface area contributed by atoms with Crippen molar-refractivity contribution in [1.82, 2.24) is 5.32 Å². The number of hydrogen-bond donors (Lipinski definition) is 2. The molecule has 0 bridgehead atoms. The minimum absolute atomic E-state index is 0.0362. The molecule has 0 saturated carbocycles. The molecule has 1 atom stereocenters. The predicted octanol–water partition coefficient (Wildman–Crippen LogP) is 2.06. The van der Waals surface area contributed by atoms with Crippen LogP contribution in [-0.2, 0) is 4.79 Å². The lowest BCUT2D eigenvalue weighted by molar-refractivity contribution is -0.385. The Kier molecular flexibility index (Phi) is 6.25. The molecule has 124 valence electrons. The first-order chi connectivity index (χ1) is 10.8. The first-order valence-electron chi connectivity index (χ1n) is 6.79. The summed E-state index contributed by atoms with van der Waals surface area (Å²) < 4.78 is 5.03. The fourth-order valence-electron chi connectivity index (χ4n) is 1.94. The highest BCUT2D eigenvalue weighted by Crippen LogP contribution is 2.29. The molecule has 0 aliphatic rings. The summed E-state index contributed by atoms with van der Waals surface area (Å²) in [5.41, 5.74) is -0.0153. The Morgan fingerprint density at radius 2 is 2.13 bits per heavy atom. The molecule has 0 aromatic heterocycles. The summed E-state index contributed by atoms with van der Waals surface area (Å²) in [4.78, 5) is 33.8. The Morgan fingerprint density at radius 1 is 1.48 bits per heavy atom. The van der Waals surface area contributed by atoms with Gasteiger partial charge >= 0.3 is 5.97 Å². The Balaban J connectivity index is 3.14. The van der Waals surface area contributed by atoms with Crippen molar-refractivity contribution in [2.24, 2.45) is 0 Å². The van der Waals surface area contributed by atoms with Crippen molar-refractivity contribution in [3.05, 3.63) is 45.5 Å². The maximum Gasteiger partial charge on any atom is 0.326 e. The van der Waals surface area contributed by atoms with Crippen LogP contribution in [0, 0.1) is 17.0 Å². The second-order valence-electron chi connectivity index (χ2n) is 4.75. The number of nitrogens with zero attached hydrogens (tertiary/aromatic N) is 1. The van der Waals surface area contributed by atoms with Gasteiger partial charge in [-0.1, -0.05) is 12.2 Å². The maximum atomic E-state index is 12.2. The normalized spacial score (nSPS) is 12.0. The number of amides is 1. The number of allylic oxidation sites excluding steroid dienone is 1. The number of nitro benzene ring substituents is 1. The van der Waals surface area contributed by atoms with Crippen LogP contribution in [0.4, 0.5) is 5.69 Å². The van der Waals surface area contributed by atoms with Gasteiger partial charge in [0.15, 0.2) is 0 Å². The van der Waals surface area contributed by atoms with Crippen LogP contribution in [0.1, 0.15) is 29.3 Å². The third-order valence-corrected chi connectivity index (χ3v) is 3.22. The van der Waals surface area contributed by atoms with Crippen molar-refractivity contribution >= 4 is 17.6 Å². The minimum atomic E-state index is -1.19. The van der Waals surface area contributed by atoms with Gasteiger partial charge in [0.05, 0.1) is 17.6 Å². The molecule has 0 fully saturated rings. The van der Waals surface area contributed by atoms with Crippen LogP contribution in [0.5, 0.6) is 5.75 Å². The highest BCUT2D eigenvalue weighted by atomic mass is 16.6. The molecule has 0 aliphatic carbocycles. The van der Waals surface area contributed by atoms with E-state index in [-0.39, 0.29) is 29.0 Å². The lowest BCUT2D eigenvalue weighted by Crippen LogP contribution is -2.40. The first kappa shape index (κ1) is 18.1. The van der Waals surface area contributed by atoms with Crippen molar-refractivity contribution < 1.29 is 24.4 Å². The minimum Gasteiger partial charge on any atom is -0.496 e. The Hall–Kier alpha value is -2.90. The fraction of sp³-hybridized carbons (Fsp3) is 0.333. The maximum absolute atomic E-state index is 12.2. The van der Waals surface area contributed by atoms with Crippen LogP contribution in [0.2, 0.25) is 0 Å². The summed E-state index contributed by atoms with van der Waals surface area (Å²) in [7, 11) is 1.33. The molecule has 2 N–H and O–H groups in total. The Bertz CT molecular complexity index is 654. The van der Waals surface area contributed by atoms with E-state index in [0.29, 0.717) is 0 Å². The zero-order chi connectivity index (χ0) is 17.6. The van der Waals surface area contributed by atoms with Crippen molar-refractivity contribution in [2.75, 3.05) is 7.11 Å². The highest BCUT2D eigenvalue weighted by molar-refractivity contribution is 5.97. The molecule has 8 heteroatoms. The van der Waals surface area contributed by atoms with Gasteiger partial charge < -0.3 is 15.2 Å². The zero-order valence-corrected chi connectivity index (χ0v) is 13.0. The number of methoxy groups -OCH3 is 1. The molecule has 0 radical (unpaired) electrons. The first-order valence-corrected chi connectivity index (χ1v) is 6.79. The SMILES string of the molecule is C/C=C/CC(NC(=O)c1cc(OC)c(C)c([N+](=O)[O-])c1)C(=O)O. The van der Waals surface area contributed by atoms with E-state index < -0.39 is 22.8 Å². The lowest BCUT2D eigenvalue weighted by atomic mass is 10.1. The Labute approximate surface area is 132 Å². The van der Waals surface area contributed by atoms with Crippen LogP contribution in [0.3, 0.4) is 0 Å². The quantitative estimate of drug-likeness (QED) is 0.450. The third-order valence-electron chi connectivity index (χ3n) is 3.22. The number of aliphatic carboxylic acids is 1. The average molecular weight is 322 g/mol. The number of rotatable bonds is 7. The molecule has 23 heavy (non-hydrogen) atoms. The average Bonchev–Trinajstić information content (AvgIpc) is 2.50. The Morgan fingerprint density at radius 3 is 2.61 bits per heavy atom. The van der Waals surface area contributed by atoms with Crippen LogP contribution in [-0.4, -0.2) is 35.1 Å². The number of carbonyl (C=O) groups excluding carboxylic acids is 1. The van der Waals surface area contributed by atoms with Gasteiger partial charge in [-0.3, -0.25) is 14.9 Å². The number of nitro groups is 1. The summed E-state index contributed by atoms with van der Waals surface area (Å²) >= 11 is 0. The van der Waals surface area contributed by atoms with E-state index in [1.165, 1.54) is 20.1 Å². The van der Waals surface area contributed by atoms with Gasteiger partial charge in [-0.25, -0.2) is 4.79 Å². The van der Waals surface area contributed by atoms with Crippen molar-refractivity contribution in [3.8, 4) is 5.75 Å². The molecule has 0 saturated heterocycles. The summed E-state index contributed by atoms with van der Waals surface area (Å²) in [6.07, 6.45) is 3.39. The van der Waals surface area contributed by atoms with Gasteiger partial charge in [-0.05, 0) is 26.3 Å². The fourth-order valence-corrected chi connectivity index (χ4v) is 1.94. The summed E-state index contributed by atoms with van der Waals surface area (Å²) in [6, 6.07) is 1.32. The topological polar surface area (TPSA) is 119 Å². The number of carboxylic acids is 1. The van der Waals surface area contributed by atoms with Crippen LogP contribution in [0.15, 0.2) is 24.3 Å². The van der Waals surface area contributed by atoms with E-state index in [9.17, 15) is 19.7 Å². The molecule has 0 aliphatic heterocycles. The van der Waals surface area contributed by atoms with Gasteiger partial charge in [0.25, 0.3) is 11.6 Å². The largest absolute Gasteiger partial charge is 0.496 e. The van der Waals surface area contributed by atoms with Gasteiger partial charge in [-0.2, -0.15) is 0 Å². The smallest absolute Gasteiger partial charge is 0.326 e. The molecular formula is C15H18N2O6. The van der Waals surface area contributed by atoms with Crippen LogP contribution < -0.4 is 10.1 Å². The molecule has 1 aromatic carbocycles. The predicted molar refractivity (Wildman–Crippen MR) is 82.7 cm³/mol. The summed E-state index contributed by atoms with van der Waals surface area (Å²) in [6.45, 7) is 3.24. The van der Waals surface area contributed by atoms with E-state index in [2.05, 4.69) is 5.32 Å². The van der Waals surface area contributed by atoms with Gasteiger partial charge in [0.2, 0.25) is 0 Å². The molecule has 0 heterocycles. The van der Waals surface area contributed by atoms with Crippen LogP contribution in [0.25, 0.3) is 0 Å². The molecule has 0 spiro atoms. The lowest BCUT2D eigenvalue weighted by Gasteiger charge is -2.14. The molecule has 1 unspecified atom stereocenters. The highest BCUT2D eigenvalue weighted by Gasteiger charge is 2.23. The third kappa shape index (κ3) is 4.53. The monoisotopic (exact) mass is 322 g/mol. The van der Waals surface area contributed by atoms with E-state index in [4.69, 9.17) is 9.84 Å². The van der Waals surface area contributed by atoms with Crippen molar-refractivity contribution in [3.63, 3.8) is 0 Å². The molecular weight excluding hydrogens is 304 g/mol. The van der Waals surface area contributed by atoms with E-state index in [1.54, 1.807) is 19.1 Å². The number of carbonyl (C=O) groups is 2. The molecule has 1 amide bonds. The molecule has 8 nitrogen and oxygen atoms in total. The van der Waals surface area contributed by atoms with Gasteiger partial charge in [0, 0.05) is 11.6 Å². The van der Waals surface area contributed by atoms with Crippen LogP contribution >= 0.6 is 0 Å².